The Labute approximate surface area is 111 Å². The number of nitrogens with one attached hydrogen (secondary N) is 1. The largest absolute Gasteiger partial charge is 0.383 e. The number of amides is 2. The van der Waals surface area contributed by atoms with E-state index in [1.54, 1.807) is 4.90 Å². The van der Waals surface area contributed by atoms with Crippen LogP contribution in [-0.2, 0) is 16.0 Å². The van der Waals surface area contributed by atoms with E-state index >= 15 is 0 Å². The molecule has 2 rings (SSSR count). The SMILES string of the molecule is NC(=O)CN(CC(N)=O)c1cccc2c1NCCC2. The van der Waals surface area contributed by atoms with E-state index in [4.69, 9.17) is 11.5 Å². The minimum absolute atomic E-state index is 0.0267. The average Bonchev–Trinajstić information content (AvgIpc) is 2.36. The van der Waals surface area contributed by atoms with Crippen LogP contribution in [0.5, 0.6) is 0 Å². The Morgan fingerprint density at radius 2 is 1.89 bits per heavy atom. The van der Waals surface area contributed by atoms with Crippen LogP contribution in [0.1, 0.15) is 12.0 Å². The fourth-order valence-electron chi connectivity index (χ4n) is 2.36. The first-order valence-corrected chi connectivity index (χ1v) is 6.25. The van der Waals surface area contributed by atoms with Crippen molar-refractivity contribution < 1.29 is 9.59 Å². The maximum Gasteiger partial charge on any atom is 0.236 e. The molecule has 6 nitrogen and oxygen atoms in total. The van der Waals surface area contributed by atoms with Crippen molar-refractivity contribution in [2.75, 3.05) is 29.9 Å². The zero-order chi connectivity index (χ0) is 13.8. The van der Waals surface area contributed by atoms with Crippen LogP contribution in [0.25, 0.3) is 0 Å². The highest BCUT2D eigenvalue weighted by Gasteiger charge is 2.19. The summed E-state index contributed by atoms with van der Waals surface area (Å²) >= 11 is 0. The quantitative estimate of drug-likeness (QED) is 0.685. The second-order valence-corrected chi connectivity index (χ2v) is 4.63. The topological polar surface area (TPSA) is 101 Å². The van der Waals surface area contributed by atoms with E-state index in [1.807, 2.05) is 18.2 Å². The number of anilines is 2. The van der Waals surface area contributed by atoms with E-state index in [0.717, 1.165) is 30.8 Å². The summed E-state index contributed by atoms with van der Waals surface area (Å²) in [4.78, 5) is 23.9. The first kappa shape index (κ1) is 13.2. The zero-order valence-corrected chi connectivity index (χ0v) is 10.7. The van der Waals surface area contributed by atoms with Crippen LogP contribution in [0.2, 0.25) is 0 Å². The van der Waals surface area contributed by atoms with Gasteiger partial charge in [-0.2, -0.15) is 0 Å². The van der Waals surface area contributed by atoms with E-state index < -0.39 is 11.8 Å². The molecule has 1 aromatic rings. The minimum atomic E-state index is -0.491. The van der Waals surface area contributed by atoms with E-state index in [9.17, 15) is 9.59 Å². The van der Waals surface area contributed by atoms with Gasteiger partial charge in [0, 0.05) is 6.54 Å². The smallest absolute Gasteiger partial charge is 0.236 e. The molecule has 6 heteroatoms. The lowest BCUT2D eigenvalue weighted by atomic mass is 10.0. The van der Waals surface area contributed by atoms with Gasteiger partial charge in [0.2, 0.25) is 11.8 Å². The summed E-state index contributed by atoms with van der Waals surface area (Å²) in [5.41, 5.74) is 13.4. The second-order valence-electron chi connectivity index (χ2n) is 4.63. The van der Waals surface area contributed by atoms with Crippen LogP contribution < -0.4 is 21.7 Å². The number of primary amides is 2. The molecule has 0 aliphatic carbocycles. The van der Waals surface area contributed by atoms with Gasteiger partial charge in [0.15, 0.2) is 0 Å². The Balaban J connectivity index is 2.35. The molecule has 0 atom stereocenters. The van der Waals surface area contributed by atoms with Gasteiger partial charge in [-0.1, -0.05) is 12.1 Å². The zero-order valence-electron chi connectivity index (χ0n) is 10.7. The molecule has 5 N–H and O–H groups in total. The summed E-state index contributed by atoms with van der Waals surface area (Å²) in [7, 11) is 0. The van der Waals surface area contributed by atoms with Gasteiger partial charge in [-0.05, 0) is 24.5 Å². The molecular weight excluding hydrogens is 244 g/mol. The maximum atomic E-state index is 11.1. The van der Waals surface area contributed by atoms with E-state index in [1.165, 1.54) is 5.56 Å². The van der Waals surface area contributed by atoms with Crippen molar-refractivity contribution in [3.63, 3.8) is 0 Å². The van der Waals surface area contributed by atoms with Gasteiger partial charge in [-0.15, -0.1) is 0 Å². The third kappa shape index (κ3) is 3.15. The Hall–Kier alpha value is -2.24. The highest BCUT2D eigenvalue weighted by Crippen LogP contribution is 2.32. The first-order valence-electron chi connectivity index (χ1n) is 6.25. The lowest BCUT2D eigenvalue weighted by Gasteiger charge is -2.28. The molecule has 0 unspecified atom stereocenters. The first-order chi connectivity index (χ1) is 9.08. The van der Waals surface area contributed by atoms with Crippen molar-refractivity contribution in [3.05, 3.63) is 23.8 Å². The standard InChI is InChI=1S/C13H18N4O2/c14-11(18)7-17(8-12(15)19)10-5-1-3-9-4-2-6-16-13(9)10/h1,3,5,16H,2,4,6-8H2,(H2,14,18)(H2,15,19). The predicted molar refractivity (Wildman–Crippen MR) is 73.9 cm³/mol. The molecule has 102 valence electrons. The molecule has 0 spiro atoms. The number of carbonyl (C=O) groups excluding carboxylic acids is 2. The molecular formula is C13H18N4O2. The second kappa shape index (κ2) is 5.60. The summed E-state index contributed by atoms with van der Waals surface area (Å²) in [6, 6.07) is 5.82. The molecule has 1 aliphatic heterocycles. The van der Waals surface area contributed by atoms with Crippen molar-refractivity contribution in [2.45, 2.75) is 12.8 Å². The van der Waals surface area contributed by atoms with E-state index in [0.29, 0.717) is 0 Å². The molecule has 1 aromatic carbocycles. The summed E-state index contributed by atoms with van der Waals surface area (Å²) in [5, 5.41) is 3.31. The number of para-hydroxylation sites is 1. The van der Waals surface area contributed by atoms with Gasteiger partial charge < -0.3 is 21.7 Å². The lowest BCUT2D eigenvalue weighted by molar-refractivity contribution is -0.117. The van der Waals surface area contributed by atoms with E-state index in [2.05, 4.69) is 5.32 Å². The number of rotatable bonds is 5. The number of hydrogen-bond acceptors (Lipinski definition) is 4. The van der Waals surface area contributed by atoms with Gasteiger partial charge in [0.05, 0.1) is 24.5 Å². The predicted octanol–water partition coefficient (Wildman–Crippen LogP) is -0.178. The summed E-state index contributed by atoms with van der Waals surface area (Å²) in [6.45, 7) is 0.827. The van der Waals surface area contributed by atoms with Crippen molar-refractivity contribution >= 4 is 23.2 Å². The summed E-state index contributed by atoms with van der Waals surface area (Å²) in [6.07, 6.45) is 2.05. The van der Waals surface area contributed by atoms with Gasteiger partial charge in [0.1, 0.15) is 0 Å². The van der Waals surface area contributed by atoms with Crippen molar-refractivity contribution in [3.8, 4) is 0 Å². The number of hydrogen-bond donors (Lipinski definition) is 3. The third-order valence-electron chi connectivity index (χ3n) is 3.09. The molecule has 1 aliphatic rings. The minimum Gasteiger partial charge on any atom is -0.383 e. The van der Waals surface area contributed by atoms with Gasteiger partial charge in [-0.3, -0.25) is 9.59 Å². The highest BCUT2D eigenvalue weighted by molar-refractivity contribution is 5.88. The molecule has 0 aromatic heterocycles. The normalized spacial score (nSPS) is 13.3. The van der Waals surface area contributed by atoms with Crippen LogP contribution in [0.15, 0.2) is 18.2 Å². The molecule has 19 heavy (non-hydrogen) atoms. The number of carbonyl (C=O) groups is 2. The van der Waals surface area contributed by atoms with Crippen LogP contribution in [0.3, 0.4) is 0 Å². The van der Waals surface area contributed by atoms with E-state index in [-0.39, 0.29) is 13.1 Å². The number of aryl methyl sites for hydroxylation is 1. The monoisotopic (exact) mass is 262 g/mol. The fourth-order valence-corrected chi connectivity index (χ4v) is 2.36. The fraction of sp³-hybridized carbons (Fsp3) is 0.385. The number of fused-ring (bicyclic) bond motifs is 1. The summed E-state index contributed by atoms with van der Waals surface area (Å²) in [5.74, 6) is -0.982. The van der Waals surface area contributed by atoms with Crippen molar-refractivity contribution in [2.24, 2.45) is 11.5 Å². The molecule has 0 saturated heterocycles. The highest BCUT2D eigenvalue weighted by atomic mass is 16.2. The maximum absolute atomic E-state index is 11.1. The van der Waals surface area contributed by atoms with Gasteiger partial charge >= 0.3 is 0 Å². The Morgan fingerprint density at radius 1 is 1.21 bits per heavy atom. The van der Waals surface area contributed by atoms with Gasteiger partial charge in [-0.25, -0.2) is 0 Å². The van der Waals surface area contributed by atoms with Crippen LogP contribution >= 0.6 is 0 Å². The molecule has 0 radical (unpaired) electrons. The number of nitrogens with two attached hydrogens (primary N) is 2. The van der Waals surface area contributed by atoms with Crippen molar-refractivity contribution in [1.29, 1.82) is 0 Å². The van der Waals surface area contributed by atoms with Crippen LogP contribution in [0, 0.1) is 0 Å². The number of benzene rings is 1. The Bertz CT molecular complexity index is 485. The number of nitrogens with zero attached hydrogens (tertiary/aromatic N) is 1. The molecule has 2 amide bonds. The molecule has 1 heterocycles. The average molecular weight is 262 g/mol. The molecule has 0 saturated carbocycles. The molecule has 0 fully saturated rings. The molecule has 0 bridgehead atoms. The Morgan fingerprint density at radius 3 is 2.53 bits per heavy atom. The van der Waals surface area contributed by atoms with Gasteiger partial charge in [0.25, 0.3) is 0 Å². The third-order valence-corrected chi connectivity index (χ3v) is 3.09. The summed E-state index contributed by atoms with van der Waals surface area (Å²) < 4.78 is 0. The van der Waals surface area contributed by atoms with Crippen molar-refractivity contribution in [1.82, 2.24) is 0 Å². The van der Waals surface area contributed by atoms with Crippen LogP contribution in [-0.4, -0.2) is 31.4 Å². The Kier molecular flexibility index (Phi) is 3.89. The van der Waals surface area contributed by atoms with Crippen LogP contribution in [0.4, 0.5) is 11.4 Å². The lowest BCUT2D eigenvalue weighted by Crippen LogP contribution is -2.40.